The molecule has 1 amide bonds. The number of nitrogens with one attached hydrogen (secondary N) is 2. The van der Waals surface area contributed by atoms with Crippen LogP contribution in [0, 0.1) is 0 Å². The van der Waals surface area contributed by atoms with Gasteiger partial charge >= 0.3 is 0 Å². The third kappa shape index (κ3) is 5.49. The number of benzene rings is 2. The summed E-state index contributed by atoms with van der Waals surface area (Å²) in [4.78, 5) is 36.2. The molecule has 31 heavy (non-hydrogen) atoms. The lowest BCUT2D eigenvalue weighted by Crippen LogP contribution is -2.31. The molecule has 2 heterocycles. The predicted octanol–water partition coefficient (Wildman–Crippen LogP) is 3.37. The van der Waals surface area contributed by atoms with Gasteiger partial charge in [-0.1, -0.05) is 25.0 Å². The first-order valence-corrected chi connectivity index (χ1v) is 10.9. The number of hydrogen-bond acceptors (Lipinski definition) is 5. The minimum absolute atomic E-state index is 0.104. The van der Waals surface area contributed by atoms with Gasteiger partial charge in [0.25, 0.3) is 5.56 Å². The van der Waals surface area contributed by atoms with E-state index in [0.29, 0.717) is 23.3 Å². The van der Waals surface area contributed by atoms with Gasteiger partial charge in [0.2, 0.25) is 5.91 Å². The summed E-state index contributed by atoms with van der Waals surface area (Å²) in [5, 5.41) is 3.52. The number of aromatic nitrogens is 2. The third-order valence-electron chi connectivity index (χ3n) is 5.62. The number of anilines is 2. The fourth-order valence-corrected chi connectivity index (χ4v) is 4.05. The lowest BCUT2D eigenvalue weighted by molar-refractivity contribution is -0.117. The Kier molecular flexibility index (Phi) is 6.62. The Morgan fingerprint density at radius 2 is 1.77 bits per heavy atom. The molecule has 1 aliphatic rings. The fraction of sp³-hybridized carbons (Fsp3) is 0.375. The van der Waals surface area contributed by atoms with E-state index in [1.807, 2.05) is 42.3 Å². The van der Waals surface area contributed by atoms with Crippen LogP contribution in [-0.4, -0.2) is 47.5 Å². The summed E-state index contributed by atoms with van der Waals surface area (Å²) in [6, 6.07) is 15.3. The van der Waals surface area contributed by atoms with Crippen molar-refractivity contribution in [3.8, 4) is 0 Å². The molecule has 3 aromatic rings. The van der Waals surface area contributed by atoms with E-state index in [-0.39, 0.29) is 18.0 Å². The van der Waals surface area contributed by atoms with Crippen LogP contribution in [0.25, 0.3) is 10.9 Å². The van der Waals surface area contributed by atoms with Crippen LogP contribution in [0.1, 0.15) is 31.5 Å². The summed E-state index contributed by atoms with van der Waals surface area (Å²) in [6.45, 7) is 2.77. The zero-order chi connectivity index (χ0) is 21.6. The zero-order valence-corrected chi connectivity index (χ0v) is 17.9. The molecule has 1 fully saturated rings. The van der Waals surface area contributed by atoms with Crippen molar-refractivity contribution in [3.05, 3.63) is 64.7 Å². The highest BCUT2D eigenvalue weighted by Gasteiger charge is 2.12. The highest BCUT2D eigenvalue weighted by atomic mass is 16.2. The van der Waals surface area contributed by atoms with Gasteiger partial charge in [-0.25, -0.2) is 4.98 Å². The number of para-hydroxylation sites is 1. The Hall–Kier alpha value is -3.19. The first kappa shape index (κ1) is 21.1. The molecular formula is C24H29N5O2. The topological polar surface area (TPSA) is 81.3 Å². The minimum atomic E-state index is -0.164. The Labute approximate surface area is 182 Å². The highest BCUT2D eigenvalue weighted by molar-refractivity contribution is 5.92. The third-order valence-corrected chi connectivity index (χ3v) is 5.62. The van der Waals surface area contributed by atoms with E-state index in [9.17, 15) is 9.59 Å². The second kappa shape index (κ2) is 9.75. The minimum Gasteiger partial charge on any atom is -0.372 e. The van der Waals surface area contributed by atoms with E-state index in [1.165, 1.54) is 31.4 Å². The number of nitrogens with zero attached hydrogens (tertiary/aromatic N) is 3. The molecule has 0 unspecified atom stereocenters. The predicted molar refractivity (Wildman–Crippen MR) is 124 cm³/mol. The second-order valence-electron chi connectivity index (χ2n) is 8.20. The molecule has 1 aromatic heterocycles. The Bertz CT molecular complexity index is 1090. The van der Waals surface area contributed by atoms with Gasteiger partial charge in [-0.05, 0) is 56.3 Å². The zero-order valence-electron chi connectivity index (χ0n) is 17.9. The molecule has 0 radical (unpaired) electrons. The van der Waals surface area contributed by atoms with Gasteiger partial charge in [0.1, 0.15) is 5.82 Å². The fourth-order valence-electron chi connectivity index (χ4n) is 4.05. The summed E-state index contributed by atoms with van der Waals surface area (Å²) < 4.78 is 0. The summed E-state index contributed by atoms with van der Waals surface area (Å²) in [7, 11) is 1.83. The molecule has 0 saturated carbocycles. The molecule has 1 aliphatic heterocycles. The molecule has 0 aliphatic carbocycles. The maximum Gasteiger partial charge on any atom is 0.258 e. The van der Waals surface area contributed by atoms with E-state index in [1.54, 1.807) is 6.07 Å². The van der Waals surface area contributed by atoms with Crippen LogP contribution >= 0.6 is 0 Å². The van der Waals surface area contributed by atoms with Gasteiger partial charge < -0.3 is 15.2 Å². The Morgan fingerprint density at radius 3 is 2.52 bits per heavy atom. The number of rotatable bonds is 6. The molecule has 1 saturated heterocycles. The van der Waals surface area contributed by atoms with Crippen LogP contribution in [0.4, 0.5) is 11.4 Å². The summed E-state index contributed by atoms with van der Waals surface area (Å²) in [6.07, 6.45) is 5.09. The van der Waals surface area contributed by atoms with Gasteiger partial charge in [-0.15, -0.1) is 0 Å². The number of amides is 1. The molecule has 162 valence electrons. The number of fused-ring (bicyclic) bond motifs is 1. The van der Waals surface area contributed by atoms with Gasteiger partial charge in [0.15, 0.2) is 0 Å². The maximum atomic E-state index is 12.5. The summed E-state index contributed by atoms with van der Waals surface area (Å²) in [5.74, 6) is 0.439. The molecule has 7 nitrogen and oxygen atoms in total. The Balaban J connectivity index is 1.32. The van der Waals surface area contributed by atoms with Gasteiger partial charge in [-0.3, -0.25) is 14.5 Å². The smallest absolute Gasteiger partial charge is 0.258 e. The number of aromatic amines is 1. The van der Waals surface area contributed by atoms with E-state index >= 15 is 0 Å². The van der Waals surface area contributed by atoms with E-state index in [2.05, 4.69) is 32.3 Å². The van der Waals surface area contributed by atoms with Crippen molar-refractivity contribution < 1.29 is 4.79 Å². The van der Waals surface area contributed by atoms with Crippen LogP contribution in [0.3, 0.4) is 0 Å². The molecule has 4 rings (SSSR count). The van der Waals surface area contributed by atoms with Crippen LogP contribution in [-0.2, 0) is 11.3 Å². The van der Waals surface area contributed by atoms with Crippen molar-refractivity contribution in [2.24, 2.45) is 0 Å². The molecular weight excluding hydrogens is 390 g/mol. The highest BCUT2D eigenvalue weighted by Crippen LogP contribution is 2.21. The van der Waals surface area contributed by atoms with Crippen molar-refractivity contribution in [2.45, 2.75) is 32.2 Å². The maximum absolute atomic E-state index is 12.5. The van der Waals surface area contributed by atoms with Crippen LogP contribution in [0.5, 0.6) is 0 Å². The van der Waals surface area contributed by atoms with Gasteiger partial charge in [0, 0.05) is 24.5 Å². The standard InChI is InChI=1S/C24H29N5O2/c1-28(16-22-26-21-9-5-4-8-20(21)24(31)27-22)17-23(30)25-18-10-12-19(13-11-18)29-14-6-2-3-7-15-29/h4-5,8-13H,2-3,6-7,14-17H2,1H3,(H,25,30)(H,26,27,31). The summed E-state index contributed by atoms with van der Waals surface area (Å²) in [5.41, 5.74) is 2.49. The number of carbonyl (C=O) groups is 1. The lowest BCUT2D eigenvalue weighted by Gasteiger charge is -2.23. The van der Waals surface area contributed by atoms with Crippen LogP contribution < -0.4 is 15.8 Å². The molecule has 0 atom stereocenters. The van der Waals surface area contributed by atoms with Crippen molar-refractivity contribution in [3.63, 3.8) is 0 Å². The van der Waals surface area contributed by atoms with Gasteiger partial charge in [0.05, 0.1) is 24.0 Å². The summed E-state index contributed by atoms with van der Waals surface area (Å²) >= 11 is 0. The average molecular weight is 420 g/mol. The largest absolute Gasteiger partial charge is 0.372 e. The van der Waals surface area contributed by atoms with Crippen molar-refractivity contribution in [2.75, 3.05) is 36.9 Å². The lowest BCUT2D eigenvalue weighted by atomic mass is 10.2. The Morgan fingerprint density at radius 1 is 1.06 bits per heavy atom. The second-order valence-corrected chi connectivity index (χ2v) is 8.20. The molecule has 2 N–H and O–H groups in total. The molecule has 7 heteroatoms. The molecule has 0 bridgehead atoms. The van der Waals surface area contributed by atoms with Crippen molar-refractivity contribution >= 4 is 28.2 Å². The van der Waals surface area contributed by atoms with Crippen LogP contribution in [0.15, 0.2) is 53.3 Å². The SMILES string of the molecule is CN(CC(=O)Nc1ccc(N2CCCCCC2)cc1)Cc1nc2ccccc2c(=O)[nH]1. The monoisotopic (exact) mass is 419 g/mol. The quantitative estimate of drug-likeness (QED) is 0.640. The number of H-pyrrole nitrogens is 1. The first-order valence-electron chi connectivity index (χ1n) is 10.9. The van der Waals surface area contributed by atoms with Crippen molar-refractivity contribution in [1.82, 2.24) is 14.9 Å². The van der Waals surface area contributed by atoms with E-state index in [0.717, 1.165) is 18.8 Å². The normalized spacial score (nSPS) is 14.6. The molecule has 2 aromatic carbocycles. The first-order chi connectivity index (χ1) is 15.1. The molecule has 0 spiro atoms. The number of hydrogen-bond donors (Lipinski definition) is 2. The average Bonchev–Trinajstić information content (AvgIpc) is 3.04. The van der Waals surface area contributed by atoms with Crippen molar-refractivity contribution in [1.29, 1.82) is 0 Å². The number of likely N-dealkylation sites (N-methyl/N-ethyl adjacent to an activating group) is 1. The van der Waals surface area contributed by atoms with E-state index in [4.69, 9.17) is 0 Å². The van der Waals surface area contributed by atoms with Crippen LogP contribution in [0.2, 0.25) is 0 Å². The van der Waals surface area contributed by atoms with E-state index < -0.39 is 0 Å². The number of carbonyl (C=O) groups excluding carboxylic acids is 1. The van der Waals surface area contributed by atoms with Gasteiger partial charge in [-0.2, -0.15) is 0 Å².